The van der Waals surface area contributed by atoms with E-state index in [0.29, 0.717) is 11.1 Å². The summed E-state index contributed by atoms with van der Waals surface area (Å²) >= 11 is 8.16. The molecule has 0 radical (unpaired) electrons. The molecule has 0 saturated heterocycles. The maximum atomic E-state index is 9.72. The number of allylic oxidation sites excluding steroid dienone is 1. The van der Waals surface area contributed by atoms with Gasteiger partial charge < -0.3 is 9.84 Å². The second kappa shape index (κ2) is 6.83. The SMILES string of the molecule is COc1cc(/C=C(/C#N)c2ccc(I)cc2)cc(Cl)c1O. The summed E-state index contributed by atoms with van der Waals surface area (Å²) in [5, 5.41) is 19.2. The number of ether oxygens (including phenoxy) is 1. The third kappa shape index (κ3) is 3.69. The Morgan fingerprint density at radius 2 is 2.00 bits per heavy atom. The van der Waals surface area contributed by atoms with Crippen LogP contribution in [-0.4, -0.2) is 12.2 Å². The van der Waals surface area contributed by atoms with Crippen molar-refractivity contribution in [1.29, 1.82) is 5.26 Å². The molecule has 106 valence electrons. The van der Waals surface area contributed by atoms with E-state index < -0.39 is 0 Å². The van der Waals surface area contributed by atoms with Crippen LogP contribution in [0.4, 0.5) is 0 Å². The van der Waals surface area contributed by atoms with E-state index in [2.05, 4.69) is 28.7 Å². The molecule has 0 aliphatic heterocycles. The first kappa shape index (κ1) is 15.7. The van der Waals surface area contributed by atoms with Crippen LogP contribution in [0.15, 0.2) is 36.4 Å². The highest BCUT2D eigenvalue weighted by atomic mass is 127. The van der Waals surface area contributed by atoms with Crippen molar-refractivity contribution in [2.75, 3.05) is 7.11 Å². The third-order valence-corrected chi connectivity index (χ3v) is 3.86. The molecule has 0 bridgehead atoms. The highest BCUT2D eigenvalue weighted by Gasteiger charge is 2.09. The summed E-state index contributed by atoms with van der Waals surface area (Å²) in [6, 6.07) is 13.0. The lowest BCUT2D eigenvalue weighted by atomic mass is 10.0. The van der Waals surface area contributed by atoms with Gasteiger partial charge in [0.2, 0.25) is 0 Å². The van der Waals surface area contributed by atoms with Crippen LogP contribution in [0.5, 0.6) is 11.5 Å². The van der Waals surface area contributed by atoms with E-state index in [-0.39, 0.29) is 16.5 Å². The second-order valence-electron chi connectivity index (χ2n) is 4.23. The summed E-state index contributed by atoms with van der Waals surface area (Å²) in [6.45, 7) is 0. The number of methoxy groups -OCH3 is 1. The Morgan fingerprint density at radius 3 is 2.57 bits per heavy atom. The van der Waals surface area contributed by atoms with E-state index in [1.165, 1.54) is 7.11 Å². The molecule has 0 saturated carbocycles. The minimum absolute atomic E-state index is 0.107. The largest absolute Gasteiger partial charge is 0.503 e. The number of rotatable bonds is 3. The predicted octanol–water partition coefficient (Wildman–Crippen LogP) is 4.72. The fourth-order valence-electron chi connectivity index (χ4n) is 1.81. The summed E-state index contributed by atoms with van der Waals surface area (Å²) in [6.07, 6.45) is 1.70. The molecule has 1 N–H and O–H groups in total. The molecule has 0 unspecified atom stereocenters. The number of phenols is 1. The summed E-state index contributed by atoms with van der Waals surface area (Å²) in [7, 11) is 1.45. The first-order valence-corrected chi connectivity index (χ1v) is 7.45. The summed E-state index contributed by atoms with van der Waals surface area (Å²) in [5.74, 6) is 0.165. The molecule has 3 nitrogen and oxygen atoms in total. The van der Waals surface area contributed by atoms with E-state index in [4.69, 9.17) is 16.3 Å². The molecule has 5 heteroatoms. The minimum Gasteiger partial charge on any atom is -0.503 e. The van der Waals surface area contributed by atoms with Crippen LogP contribution in [-0.2, 0) is 0 Å². The van der Waals surface area contributed by atoms with Crippen molar-refractivity contribution in [2.24, 2.45) is 0 Å². The molecule has 0 atom stereocenters. The molecule has 2 aromatic rings. The topological polar surface area (TPSA) is 53.2 Å². The van der Waals surface area contributed by atoms with Gasteiger partial charge in [0.1, 0.15) is 0 Å². The zero-order valence-corrected chi connectivity index (χ0v) is 14.0. The van der Waals surface area contributed by atoms with Gasteiger partial charge in [0.05, 0.1) is 23.8 Å². The number of nitrogens with zero attached hydrogens (tertiary/aromatic N) is 1. The van der Waals surface area contributed by atoms with Gasteiger partial charge in [0, 0.05) is 3.57 Å². The number of halogens is 2. The normalized spacial score (nSPS) is 11.0. The van der Waals surface area contributed by atoms with Crippen molar-refractivity contribution in [3.63, 3.8) is 0 Å². The van der Waals surface area contributed by atoms with Gasteiger partial charge in [-0.1, -0.05) is 23.7 Å². The van der Waals surface area contributed by atoms with E-state index >= 15 is 0 Å². The zero-order valence-electron chi connectivity index (χ0n) is 11.1. The van der Waals surface area contributed by atoms with Crippen LogP contribution in [0, 0.1) is 14.9 Å². The number of phenolic OH excluding ortho intramolecular Hbond substituents is 1. The molecule has 0 amide bonds. The van der Waals surface area contributed by atoms with Gasteiger partial charge in [-0.15, -0.1) is 0 Å². The number of hydrogen-bond donors (Lipinski definition) is 1. The van der Waals surface area contributed by atoms with Crippen LogP contribution < -0.4 is 4.74 Å². The number of aromatic hydroxyl groups is 1. The standard InChI is InChI=1S/C16H11ClINO2/c1-21-15-8-10(7-14(17)16(15)20)6-12(9-19)11-2-4-13(18)5-3-11/h2-8,20H,1H3/b12-6-. The molecule has 2 aromatic carbocycles. The predicted molar refractivity (Wildman–Crippen MR) is 92.3 cm³/mol. The lowest BCUT2D eigenvalue weighted by Crippen LogP contribution is -1.87. The van der Waals surface area contributed by atoms with Crippen molar-refractivity contribution in [1.82, 2.24) is 0 Å². The fraction of sp³-hybridized carbons (Fsp3) is 0.0625. The second-order valence-corrected chi connectivity index (χ2v) is 5.88. The summed E-state index contributed by atoms with van der Waals surface area (Å²) in [4.78, 5) is 0. The van der Waals surface area contributed by atoms with E-state index in [1.54, 1.807) is 18.2 Å². The lowest BCUT2D eigenvalue weighted by molar-refractivity contribution is 0.373. The van der Waals surface area contributed by atoms with Crippen LogP contribution in [0.1, 0.15) is 11.1 Å². The molecule has 21 heavy (non-hydrogen) atoms. The van der Waals surface area contributed by atoms with Crippen molar-refractivity contribution in [2.45, 2.75) is 0 Å². The molecule has 2 rings (SSSR count). The van der Waals surface area contributed by atoms with Gasteiger partial charge >= 0.3 is 0 Å². The average molecular weight is 412 g/mol. The van der Waals surface area contributed by atoms with Crippen LogP contribution in [0.3, 0.4) is 0 Å². The number of nitriles is 1. The Kier molecular flexibility index (Phi) is 5.10. The average Bonchev–Trinajstić information content (AvgIpc) is 2.49. The van der Waals surface area contributed by atoms with Gasteiger partial charge in [-0.25, -0.2) is 0 Å². The molecule has 0 aromatic heterocycles. The quantitative estimate of drug-likeness (QED) is 0.452. The fourth-order valence-corrected chi connectivity index (χ4v) is 2.39. The zero-order chi connectivity index (χ0) is 15.4. The van der Waals surface area contributed by atoms with E-state index in [1.807, 2.05) is 24.3 Å². The maximum Gasteiger partial charge on any atom is 0.176 e. The maximum absolute atomic E-state index is 9.72. The Hall–Kier alpha value is -1.71. The Balaban J connectivity index is 2.48. The van der Waals surface area contributed by atoms with Crippen molar-refractivity contribution >= 4 is 45.8 Å². The van der Waals surface area contributed by atoms with Gasteiger partial charge in [0.25, 0.3) is 0 Å². The van der Waals surface area contributed by atoms with Crippen LogP contribution in [0.2, 0.25) is 5.02 Å². The van der Waals surface area contributed by atoms with Gasteiger partial charge in [-0.3, -0.25) is 0 Å². The Bertz CT molecular complexity index is 733. The van der Waals surface area contributed by atoms with Crippen molar-refractivity contribution in [3.05, 3.63) is 56.1 Å². The highest BCUT2D eigenvalue weighted by molar-refractivity contribution is 14.1. The van der Waals surface area contributed by atoms with Gasteiger partial charge in [0.15, 0.2) is 11.5 Å². The van der Waals surface area contributed by atoms with Crippen molar-refractivity contribution < 1.29 is 9.84 Å². The van der Waals surface area contributed by atoms with Gasteiger partial charge in [-0.2, -0.15) is 5.26 Å². The van der Waals surface area contributed by atoms with Crippen LogP contribution >= 0.6 is 34.2 Å². The highest BCUT2D eigenvalue weighted by Crippen LogP contribution is 2.36. The summed E-state index contributed by atoms with van der Waals surface area (Å²) in [5.41, 5.74) is 2.01. The van der Waals surface area contributed by atoms with Gasteiger partial charge in [-0.05, 0) is 64.1 Å². The van der Waals surface area contributed by atoms with Crippen LogP contribution in [0.25, 0.3) is 11.6 Å². The van der Waals surface area contributed by atoms with E-state index in [9.17, 15) is 10.4 Å². The molecule has 0 aliphatic rings. The number of hydrogen-bond acceptors (Lipinski definition) is 3. The Morgan fingerprint density at radius 1 is 1.33 bits per heavy atom. The molecule has 0 spiro atoms. The minimum atomic E-state index is -0.107. The first-order chi connectivity index (χ1) is 10.0. The Labute approximate surface area is 141 Å². The van der Waals surface area contributed by atoms with E-state index in [0.717, 1.165) is 9.13 Å². The van der Waals surface area contributed by atoms with Crippen molar-refractivity contribution in [3.8, 4) is 17.6 Å². The first-order valence-electron chi connectivity index (χ1n) is 5.99. The molecule has 0 heterocycles. The number of benzene rings is 2. The smallest absolute Gasteiger partial charge is 0.176 e. The molecule has 0 fully saturated rings. The molecular weight excluding hydrogens is 401 g/mol. The monoisotopic (exact) mass is 411 g/mol. The lowest BCUT2D eigenvalue weighted by Gasteiger charge is -2.07. The summed E-state index contributed by atoms with van der Waals surface area (Å²) < 4.78 is 6.16. The third-order valence-electron chi connectivity index (χ3n) is 2.86. The molecule has 0 aliphatic carbocycles. The molecular formula is C16H11ClINO2.